The molecule has 1 amide bonds. The highest BCUT2D eigenvalue weighted by molar-refractivity contribution is 8.01. The maximum atomic E-state index is 12.9. The largest absolute Gasteiger partial charge is 0.486 e. The Morgan fingerprint density at radius 2 is 1.65 bits per heavy atom. The number of carbonyl (C=O) groups is 1. The first-order valence-corrected chi connectivity index (χ1v) is 14.4. The average molecular weight is 529 g/mol. The van der Waals surface area contributed by atoms with Crippen LogP contribution < -0.4 is 4.74 Å². The normalized spacial score (nSPS) is 14.4. The molecule has 6 rings (SSSR count). The number of likely N-dealkylation sites (tertiary alicyclic amines) is 1. The van der Waals surface area contributed by atoms with Crippen molar-refractivity contribution in [2.75, 3.05) is 18.8 Å². The number of para-hydroxylation sites is 4. The Balaban J connectivity index is 1.06. The van der Waals surface area contributed by atoms with Gasteiger partial charge in [-0.3, -0.25) is 4.79 Å². The van der Waals surface area contributed by atoms with Gasteiger partial charge in [0, 0.05) is 19.6 Å². The Kier molecular flexibility index (Phi) is 7.10. The van der Waals surface area contributed by atoms with Crippen LogP contribution in [0.15, 0.2) is 83.2 Å². The molecule has 0 aliphatic carbocycles. The van der Waals surface area contributed by atoms with Crippen LogP contribution in [0.2, 0.25) is 0 Å². The molecule has 3 aromatic carbocycles. The SMILES string of the molecule is O=C(CSc1nc2ccccc2s1)N1CCC(Cn2c(COc3ccccc3)nc3ccccc32)CC1. The summed E-state index contributed by atoms with van der Waals surface area (Å²) in [5.41, 5.74) is 3.14. The molecule has 188 valence electrons. The zero-order chi connectivity index (χ0) is 25.0. The Labute approximate surface area is 224 Å². The van der Waals surface area contributed by atoms with Crippen molar-refractivity contribution in [1.29, 1.82) is 0 Å². The van der Waals surface area contributed by atoms with Crippen molar-refractivity contribution in [3.8, 4) is 5.75 Å². The second-order valence-corrected chi connectivity index (χ2v) is 11.5. The highest BCUT2D eigenvalue weighted by atomic mass is 32.2. The van der Waals surface area contributed by atoms with Gasteiger partial charge in [-0.05, 0) is 55.2 Å². The summed E-state index contributed by atoms with van der Waals surface area (Å²) in [6, 6.07) is 26.3. The lowest BCUT2D eigenvalue weighted by Crippen LogP contribution is -2.40. The Morgan fingerprint density at radius 1 is 0.919 bits per heavy atom. The van der Waals surface area contributed by atoms with Crippen molar-refractivity contribution in [3.63, 3.8) is 0 Å². The molecule has 8 heteroatoms. The maximum absolute atomic E-state index is 12.9. The molecule has 1 fully saturated rings. The maximum Gasteiger partial charge on any atom is 0.233 e. The molecule has 0 N–H and O–H groups in total. The first kappa shape index (κ1) is 24.0. The summed E-state index contributed by atoms with van der Waals surface area (Å²) >= 11 is 3.20. The van der Waals surface area contributed by atoms with Crippen molar-refractivity contribution in [2.24, 2.45) is 5.92 Å². The number of amides is 1. The van der Waals surface area contributed by atoms with E-state index < -0.39 is 0 Å². The minimum absolute atomic E-state index is 0.202. The monoisotopic (exact) mass is 528 g/mol. The number of imidazole rings is 1. The van der Waals surface area contributed by atoms with Crippen LogP contribution in [0.1, 0.15) is 18.7 Å². The molecule has 1 aliphatic rings. The van der Waals surface area contributed by atoms with Crippen LogP contribution in [0.4, 0.5) is 0 Å². The van der Waals surface area contributed by atoms with Crippen LogP contribution in [0.5, 0.6) is 5.75 Å². The molecule has 2 aromatic heterocycles. The molecule has 0 unspecified atom stereocenters. The predicted molar refractivity (Wildman–Crippen MR) is 150 cm³/mol. The van der Waals surface area contributed by atoms with Crippen LogP contribution in [-0.4, -0.2) is 44.2 Å². The molecular weight excluding hydrogens is 500 g/mol. The Bertz CT molecular complexity index is 1470. The summed E-state index contributed by atoms with van der Waals surface area (Å²) in [6.45, 7) is 2.91. The number of benzene rings is 3. The van der Waals surface area contributed by atoms with Crippen LogP contribution in [0, 0.1) is 5.92 Å². The molecular formula is C29H28N4O2S2. The van der Waals surface area contributed by atoms with Crippen LogP contribution >= 0.6 is 23.1 Å². The Hall–Kier alpha value is -3.36. The van der Waals surface area contributed by atoms with Crippen molar-refractivity contribution < 1.29 is 9.53 Å². The standard InChI is InChI=1S/C29H28N4O2S2/c34-28(20-36-29-31-24-11-5-7-13-26(24)37-29)32-16-14-21(15-17-32)18-33-25-12-6-4-10-23(25)30-27(33)19-35-22-8-2-1-3-9-22/h1-13,21H,14-20H2. The first-order chi connectivity index (χ1) is 18.2. The van der Waals surface area contributed by atoms with E-state index in [1.54, 1.807) is 23.1 Å². The van der Waals surface area contributed by atoms with E-state index in [9.17, 15) is 4.79 Å². The number of carbonyl (C=O) groups excluding carboxylic acids is 1. The van der Waals surface area contributed by atoms with Gasteiger partial charge in [0.25, 0.3) is 0 Å². The van der Waals surface area contributed by atoms with E-state index in [-0.39, 0.29) is 5.91 Å². The van der Waals surface area contributed by atoms with Crippen LogP contribution in [0.25, 0.3) is 21.3 Å². The number of fused-ring (bicyclic) bond motifs is 2. The molecule has 0 radical (unpaired) electrons. The van der Waals surface area contributed by atoms with Crippen molar-refractivity contribution in [3.05, 3.63) is 84.7 Å². The number of rotatable bonds is 8. The molecule has 3 heterocycles. The molecule has 1 saturated heterocycles. The van der Waals surface area contributed by atoms with Gasteiger partial charge in [-0.15, -0.1) is 11.3 Å². The van der Waals surface area contributed by atoms with E-state index >= 15 is 0 Å². The topological polar surface area (TPSA) is 60.2 Å². The predicted octanol–water partition coefficient (Wildman–Crippen LogP) is 6.26. The Morgan fingerprint density at radius 3 is 2.46 bits per heavy atom. The summed E-state index contributed by atoms with van der Waals surface area (Å²) in [4.78, 5) is 24.4. The highest BCUT2D eigenvalue weighted by Crippen LogP contribution is 2.30. The fourth-order valence-electron chi connectivity index (χ4n) is 4.85. The molecule has 0 bridgehead atoms. The fourth-order valence-corrected chi connectivity index (χ4v) is 6.83. The minimum Gasteiger partial charge on any atom is -0.486 e. The number of piperidine rings is 1. The second-order valence-electron chi connectivity index (χ2n) is 9.29. The van der Waals surface area contributed by atoms with Gasteiger partial charge in [0.1, 0.15) is 18.2 Å². The van der Waals surface area contributed by atoms with E-state index in [1.165, 1.54) is 4.70 Å². The first-order valence-electron chi connectivity index (χ1n) is 12.6. The minimum atomic E-state index is 0.202. The highest BCUT2D eigenvalue weighted by Gasteiger charge is 2.25. The van der Waals surface area contributed by atoms with Gasteiger partial charge in [0.05, 0.1) is 27.0 Å². The lowest BCUT2D eigenvalue weighted by molar-refractivity contribution is -0.129. The van der Waals surface area contributed by atoms with Gasteiger partial charge < -0.3 is 14.2 Å². The molecule has 6 nitrogen and oxygen atoms in total. The smallest absolute Gasteiger partial charge is 0.233 e. The fraction of sp³-hybridized carbons (Fsp3) is 0.276. The third-order valence-electron chi connectivity index (χ3n) is 6.85. The van der Waals surface area contributed by atoms with Crippen molar-refractivity contribution >= 4 is 50.3 Å². The molecule has 0 saturated carbocycles. The van der Waals surface area contributed by atoms with Crippen molar-refractivity contribution in [2.45, 2.75) is 30.3 Å². The molecule has 0 atom stereocenters. The number of ether oxygens (including phenoxy) is 1. The summed E-state index contributed by atoms with van der Waals surface area (Å²) in [5, 5.41) is 0. The van der Waals surface area contributed by atoms with Crippen LogP contribution in [0.3, 0.4) is 0 Å². The number of hydrogen-bond donors (Lipinski definition) is 0. The summed E-state index contributed by atoms with van der Waals surface area (Å²) in [7, 11) is 0. The van der Waals surface area contributed by atoms with E-state index in [4.69, 9.17) is 9.72 Å². The number of nitrogens with zero attached hydrogens (tertiary/aromatic N) is 4. The molecule has 0 spiro atoms. The number of thioether (sulfide) groups is 1. The average Bonchev–Trinajstić information content (AvgIpc) is 3.52. The number of aromatic nitrogens is 3. The van der Waals surface area contributed by atoms with Gasteiger partial charge in [-0.1, -0.05) is 54.2 Å². The van der Waals surface area contributed by atoms with Gasteiger partial charge in [-0.25, -0.2) is 9.97 Å². The van der Waals surface area contributed by atoms with E-state index in [0.29, 0.717) is 18.3 Å². The zero-order valence-electron chi connectivity index (χ0n) is 20.5. The van der Waals surface area contributed by atoms with Gasteiger partial charge in [-0.2, -0.15) is 0 Å². The van der Waals surface area contributed by atoms with Gasteiger partial charge in [0.15, 0.2) is 4.34 Å². The summed E-state index contributed by atoms with van der Waals surface area (Å²) < 4.78 is 10.5. The van der Waals surface area contributed by atoms with Crippen LogP contribution in [-0.2, 0) is 17.9 Å². The summed E-state index contributed by atoms with van der Waals surface area (Å²) in [5.74, 6) is 2.92. The lowest BCUT2D eigenvalue weighted by Gasteiger charge is -2.32. The number of thiazole rings is 1. The lowest BCUT2D eigenvalue weighted by atomic mass is 9.96. The number of hydrogen-bond acceptors (Lipinski definition) is 6. The van der Waals surface area contributed by atoms with Crippen molar-refractivity contribution in [1.82, 2.24) is 19.4 Å². The second kappa shape index (κ2) is 10.9. The van der Waals surface area contributed by atoms with Gasteiger partial charge in [0.2, 0.25) is 5.91 Å². The quantitative estimate of drug-likeness (QED) is 0.223. The third-order valence-corrected chi connectivity index (χ3v) is 9.01. The van der Waals surface area contributed by atoms with E-state index in [1.807, 2.05) is 59.5 Å². The molecule has 1 aliphatic heterocycles. The third kappa shape index (κ3) is 5.50. The summed E-state index contributed by atoms with van der Waals surface area (Å²) in [6.07, 6.45) is 1.98. The molecule has 37 heavy (non-hydrogen) atoms. The van der Waals surface area contributed by atoms with Gasteiger partial charge >= 0.3 is 0 Å². The van der Waals surface area contributed by atoms with E-state index in [0.717, 1.165) is 64.9 Å². The van der Waals surface area contributed by atoms with E-state index in [2.05, 4.69) is 33.8 Å². The zero-order valence-corrected chi connectivity index (χ0v) is 22.1. The molecule has 5 aromatic rings.